The molecule has 2 amide bonds. The maximum Gasteiger partial charge on any atom is 0.264 e. The molecule has 4 aromatic rings. The first-order chi connectivity index (χ1) is 20.9. The van der Waals surface area contributed by atoms with E-state index in [9.17, 15) is 18.0 Å². The molecule has 0 bridgehead atoms. The number of amides is 2. The lowest BCUT2D eigenvalue weighted by molar-refractivity contribution is -0.139. The highest BCUT2D eigenvalue weighted by atomic mass is 32.2. The number of nitrogens with zero attached hydrogens (tertiary/aromatic N) is 2. The van der Waals surface area contributed by atoms with Gasteiger partial charge in [-0.2, -0.15) is 0 Å². The van der Waals surface area contributed by atoms with E-state index < -0.39 is 34.1 Å². The molecule has 0 saturated heterocycles. The van der Waals surface area contributed by atoms with Gasteiger partial charge < -0.3 is 15.0 Å². The van der Waals surface area contributed by atoms with Gasteiger partial charge in [-0.15, -0.1) is 0 Å². The van der Waals surface area contributed by atoms with E-state index >= 15 is 0 Å². The van der Waals surface area contributed by atoms with Gasteiger partial charge in [0.15, 0.2) is 0 Å². The predicted octanol–water partition coefficient (Wildman–Crippen LogP) is 6.05. The number of hydrogen-bond acceptors (Lipinski definition) is 5. The molecule has 0 aliphatic heterocycles. The van der Waals surface area contributed by atoms with Gasteiger partial charge in [-0.1, -0.05) is 66.7 Å². The SMILES string of the molecule is C[C@H](C(=O)NC(C)(C)C)N(CCc1ccccc1)C(=O)CN(c1ccc(Oc2ccccc2)cc1)S(=O)(=O)c1ccccc1. The van der Waals surface area contributed by atoms with Gasteiger partial charge in [0.1, 0.15) is 24.1 Å². The number of anilines is 1. The summed E-state index contributed by atoms with van der Waals surface area (Å²) in [7, 11) is -4.15. The largest absolute Gasteiger partial charge is 0.457 e. The monoisotopic (exact) mass is 613 g/mol. The molecule has 0 aliphatic rings. The van der Waals surface area contributed by atoms with E-state index in [4.69, 9.17) is 4.74 Å². The lowest BCUT2D eigenvalue weighted by Gasteiger charge is -2.33. The van der Waals surface area contributed by atoms with Gasteiger partial charge in [0, 0.05) is 12.1 Å². The molecule has 4 rings (SSSR count). The molecule has 1 atom stereocenters. The third kappa shape index (κ3) is 8.70. The maximum atomic E-state index is 14.1. The summed E-state index contributed by atoms with van der Waals surface area (Å²) < 4.78 is 34.9. The Kier molecular flexibility index (Phi) is 10.4. The first-order valence-electron chi connectivity index (χ1n) is 14.5. The Labute approximate surface area is 260 Å². The van der Waals surface area contributed by atoms with Gasteiger partial charge in [-0.25, -0.2) is 8.42 Å². The molecule has 0 aromatic heterocycles. The van der Waals surface area contributed by atoms with Crippen LogP contribution in [0.2, 0.25) is 0 Å². The van der Waals surface area contributed by atoms with Crippen LogP contribution in [0.3, 0.4) is 0 Å². The van der Waals surface area contributed by atoms with Crippen molar-refractivity contribution < 1.29 is 22.7 Å². The van der Waals surface area contributed by atoms with Crippen LogP contribution in [0.15, 0.2) is 120 Å². The summed E-state index contributed by atoms with van der Waals surface area (Å²) in [5.41, 5.74) is 0.778. The fraction of sp³-hybridized carbons (Fsp3) is 0.257. The number of sulfonamides is 1. The second-order valence-electron chi connectivity index (χ2n) is 11.5. The summed E-state index contributed by atoms with van der Waals surface area (Å²) in [5, 5.41) is 2.94. The molecule has 0 saturated carbocycles. The van der Waals surface area contributed by atoms with Crippen molar-refractivity contribution in [1.29, 1.82) is 0 Å². The Balaban J connectivity index is 1.66. The van der Waals surface area contributed by atoms with Crippen molar-refractivity contribution >= 4 is 27.5 Å². The number of nitrogens with one attached hydrogen (secondary N) is 1. The molecule has 4 aromatic carbocycles. The van der Waals surface area contributed by atoms with Crippen molar-refractivity contribution in [3.05, 3.63) is 121 Å². The topological polar surface area (TPSA) is 96.0 Å². The molecule has 8 nitrogen and oxygen atoms in total. The van der Waals surface area contributed by atoms with Crippen LogP contribution in [0.5, 0.6) is 11.5 Å². The summed E-state index contributed by atoms with van der Waals surface area (Å²) in [4.78, 5) is 28.8. The van der Waals surface area contributed by atoms with Crippen molar-refractivity contribution in [1.82, 2.24) is 10.2 Å². The highest BCUT2D eigenvalue weighted by Gasteiger charge is 2.33. The summed E-state index contributed by atoms with van der Waals surface area (Å²) in [6, 6.07) is 32.6. The molecule has 0 fully saturated rings. The normalized spacial score (nSPS) is 12.2. The van der Waals surface area contributed by atoms with E-state index in [1.54, 1.807) is 49.4 Å². The molecule has 9 heteroatoms. The summed E-state index contributed by atoms with van der Waals surface area (Å²) in [6.07, 6.45) is 0.497. The van der Waals surface area contributed by atoms with Crippen LogP contribution < -0.4 is 14.4 Å². The number of carbonyl (C=O) groups is 2. The minimum Gasteiger partial charge on any atom is -0.457 e. The Morgan fingerprint density at radius 1 is 0.773 bits per heavy atom. The van der Waals surface area contributed by atoms with Crippen molar-refractivity contribution in [3.8, 4) is 11.5 Å². The van der Waals surface area contributed by atoms with Crippen LogP contribution in [0, 0.1) is 0 Å². The van der Waals surface area contributed by atoms with Crippen molar-refractivity contribution in [2.75, 3.05) is 17.4 Å². The first-order valence-corrected chi connectivity index (χ1v) is 15.9. The van der Waals surface area contributed by atoms with Crippen molar-refractivity contribution in [3.63, 3.8) is 0 Å². The summed E-state index contributed by atoms with van der Waals surface area (Å²) >= 11 is 0. The molecule has 44 heavy (non-hydrogen) atoms. The Bertz CT molecular complexity index is 1620. The minimum absolute atomic E-state index is 0.0479. The smallest absolute Gasteiger partial charge is 0.264 e. The zero-order valence-corrected chi connectivity index (χ0v) is 26.3. The molecule has 1 N–H and O–H groups in total. The second-order valence-corrected chi connectivity index (χ2v) is 13.3. The highest BCUT2D eigenvalue weighted by Crippen LogP contribution is 2.28. The van der Waals surface area contributed by atoms with Crippen LogP contribution in [0.25, 0.3) is 0 Å². The van der Waals surface area contributed by atoms with Crippen LogP contribution in [0.4, 0.5) is 5.69 Å². The number of hydrogen-bond donors (Lipinski definition) is 1. The second kappa shape index (κ2) is 14.2. The van der Waals surface area contributed by atoms with Crippen LogP contribution in [-0.4, -0.2) is 49.8 Å². The van der Waals surface area contributed by atoms with Gasteiger partial charge >= 0.3 is 0 Å². The zero-order chi connectivity index (χ0) is 31.7. The molecule has 0 heterocycles. The van der Waals surface area contributed by atoms with Crippen LogP contribution in [0.1, 0.15) is 33.3 Å². The molecule has 230 valence electrons. The number of para-hydroxylation sites is 1. The summed E-state index contributed by atoms with van der Waals surface area (Å²) in [6.45, 7) is 6.99. The fourth-order valence-electron chi connectivity index (χ4n) is 4.60. The third-order valence-corrected chi connectivity index (χ3v) is 8.65. The standard InChI is InChI=1S/C35H39N3O5S/c1-27(34(40)36-35(2,3)4)37(25-24-28-14-8-5-9-15-28)33(39)26-38(44(41,42)32-18-12-7-13-19-32)29-20-22-31(23-21-29)43-30-16-10-6-11-17-30/h5-23,27H,24-26H2,1-4H3,(H,36,40)/t27-/m1/s1. The van der Waals surface area contributed by atoms with Gasteiger partial charge in [0.05, 0.1) is 10.6 Å². The van der Waals surface area contributed by atoms with E-state index in [1.165, 1.54) is 17.0 Å². The quantitative estimate of drug-likeness (QED) is 0.210. The van der Waals surface area contributed by atoms with E-state index in [0.29, 0.717) is 17.9 Å². The first kappa shape index (κ1) is 32.3. The number of rotatable bonds is 12. The lowest BCUT2D eigenvalue weighted by Crippen LogP contribution is -2.55. The zero-order valence-electron chi connectivity index (χ0n) is 25.5. The number of carbonyl (C=O) groups excluding carboxylic acids is 2. The van der Waals surface area contributed by atoms with E-state index in [-0.39, 0.29) is 23.0 Å². The third-order valence-electron chi connectivity index (χ3n) is 6.86. The Morgan fingerprint density at radius 3 is 1.86 bits per heavy atom. The Morgan fingerprint density at radius 2 is 1.30 bits per heavy atom. The molecular weight excluding hydrogens is 574 g/mol. The molecule has 0 radical (unpaired) electrons. The minimum atomic E-state index is -4.15. The summed E-state index contributed by atoms with van der Waals surface area (Å²) in [5.74, 6) is 0.335. The fourth-order valence-corrected chi connectivity index (χ4v) is 6.03. The predicted molar refractivity (Wildman–Crippen MR) is 173 cm³/mol. The lowest BCUT2D eigenvalue weighted by atomic mass is 10.1. The van der Waals surface area contributed by atoms with E-state index in [1.807, 2.05) is 81.4 Å². The number of benzene rings is 4. The molecular formula is C35H39N3O5S. The average molecular weight is 614 g/mol. The number of ether oxygens (including phenoxy) is 1. The van der Waals surface area contributed by atoms with Crippen LogP contribution in [-0.2, 0) is 26.0 Å². The van der Waals surface area contributed by atoms with Crippen LogP contribution >= 0.6 is 0 Å². The van der Waals surface area contributed by atoms with E-state index in [0.717, 1.165) is 9.87 Å². The van der Waals surface area contributed by atoms with Gasteiger partial charge in [0.2, 0.25) is 11.8 Å². The maximum absolute atomic E-state index is 14.1. The van der Waals surface area contributed by atoms with Gasteiger partial charge in [-0.05, 0) is 88.2 Å². The molecule has 0 unspecified atom stereocenters. The van der Waals surface area contributed by atoms with Gasteiger partial charge in [0.25, 0.3) is 10.0 Å². The van der Waals surface area contributed by atoms with E-state index in [2.05, 4.69) is 5.32 Å². The van der Waals surface area contributed by atoms with Crippen molar-refractivity contribution in [2.45, 2.75) is 50.6 Å². The Hall–Kier alpha value is -4.63. The van der Waals surface area contributed by atoms with Gasteiger partial charge in [-0.3, -0.25) is 13.9 Å². The average Bonchev–Trinajstić information content (AvgIpc) is 3.01. The highest BCUT2D eigenvalue weighted by molar-refractivity contribution is 7.92. The van der Waals surface area contributed by atoms with Crippen molar-refractivity contribution in [2.24, 2.45) is 0 Å². The molecule has 0 aliphatic carbocycles. The molecule has 0 spiro atoms.